The van der Waals surface area contributed by atoms with Crippen molar-refractivity contribution in [3.63, 3.8) is 0 Å². The second kappa shape index (κ2) is 19.1. The molecule has 0 saturated heterocycles. The van der Waals surface area contributed by atoms with E-state index in [1.54, 1.807) is 12.1 Å². The number of hydrogen-bond donors (Lipinski definition) is 0. The molecule has 0 spiro atoms. The van der Waals surface area contributed by atoms with Crippen LogP contribution in [0, 0.1) is 17.9 Å². The van der Waals surface area contributed by atoms with Crippen molar-refractivity contribution in [2.45, 2.75) is 13.8 Å². The summed E-state index contributed by atoms with van der Waals surface area (Å²) in [6.45, 7) is 14.3. The van der Waals surface area contributed by atoms with E-state index in [0.29, 0.717) is 22.4 Å². The number of benzene rings is 7. The molecule has 0 aliphatic carbocycles. The minimum Gasteiger partial charge on any atom is -0.378 e. The highest BCUT2D eigenvalue weighted by Gasteiger charge is 2.15. The molecule has 0 bridgehead atoms. The van der Waals surface area contributed by atoms with Gasteiger partial charge in [0.25, 0.3) is 0 Å². The van der Waals surface area contributed by atoms with Gasteiger partial charge in [0.15, 0.2) is 5.69 Å². The van der Waals surface area contributed by atoms with Gasteiger partial charge in [0.2, 0.25) is 0 Å². The minimum absolute atomic E-state index is 0.485. The minimum atomic E-state index is 0.485. The molecule has 0 unspecified atom stereocenters. The Morgan fingerprint density at radius 1 is 0.483 bits per heavy atom. The standard InChI is InChI=1S/C54H48N6/c1-6-58(7-2)47-32-36-53(37-33-47)60(49-16-12-9-13-17-49)51-26-20-41(21-27-51)18-24-43-39-54(56-3)44(38-45(43)40-55)25-19-42-22-28-50(29-23-42)59(48-14-10-8-11-15-48)52-34-30-46(31-35-52)57(4)5/h8-39H,6-7H2,1-2,4-5H3/b24-18+,25-19+. The van der Waals surface area contributed by atoms with Gasteiger partial charge in [-0.05, 0) is 145 Å². The van der Waals surface area contributed by atoms with E-state index < -0.39 is 0 Å². The first-order valence-corrected chi connectivity index (χ1v) is 20.2. The van der Waals surface area contributed by atoms with Crippen LogP contribution in [0.25, 0.3) is 29.1 Å². The van der Waals surface area contributed by atoms with Crippen LogP contribution in [0.3, 0.4) is 0 Å². The van der Waals surface area contributed by atoms with E-state index in [0.717, 1.165) is 64.0 Å². The summed E-state index contributed by atoms with van der Waals surface area (Å²) in [5.41, 5.74) is 13.1. The predicted octanol–water partition coefficient (Wildman–Crippen LogP) is 14.3. The maximum absolute atomic E-state index is 10.2. The van der Waals surface area contributed by atoms with Crippen molar-refractivity contribution >= 4 is 75.5 Å². The van der Waals surface area contributed by atoms with Crippen LogP contribution in [-0.4, -0.2) is 27.2 Å². The zero-order valence-electron chi connectivity index (χ0n) is 34.6. The largest absolute Gasteiger partial charge is 0.378 e. The average molecular weight is 781 g/mol. The molecule has 0 saturated carbocycles. The quantitative estimate of drug-likeness (QED) is 0.0812. The van der Waals surface area contributed by atoms with Crippen LogP contribution in [0.1, 0.15) is 41.7 Å². The molecule has 0 amide bonds. The molecule has 60 heavy (non-hydrogen) atoms. The number of anilines is 8. The van der Waals surface area contributed by atoms with Crippen molar-refractivity contribution in [1.29, 1.82) is 5.26 Å². The molecule has 0 aliphatic rings. The summed E-state index contributed by atoms with van der Waals surface area (Å²) in [4.78, 5) is 12.8. The number of hydrogen-bond acceptors (Lipinski definition) is 5. The van der Waals surface area contributed by atoms with Gasteiger partial charge < -0.3 is 19.6 Å². The molecular formula is C54H48N6. The molecule has 0 atom stereocenters. The molecule has 7 rings (SSSR count). The average Bonchev–Trinajstić information content (AvgIpc) is 3.30. The Bertz CT molecular complexity index is 2630. The highest BCUT2D eigenvalue weighted by Crippen LogP contribution is 2.37. The predicted molar refractivity (Wildman–Crippen MR) is 255 cm³/mol. The summed E-state index contributed by atoms with van der Waals surface area (Å²) < 4.78 is 0. The lowest BCUT2D eigenvalue weighted by atomic mass is 10.0. The molecule has 6 heteroatoms. The van der Waals surface area contributed by atoms with Crippen LogP contribution < -0.4 is 19.6 Å². The maximum Gasteiger partial charge on any atom is 0.194 e. The van der Waals surface area contributed by atoms with Crippen molar-refractivity contribution in [1.82, 2.24) is 0 Å². The van der Waals surface area contributed by atoms with Gasteiger partial charge in [-0.2, -0.15) is 5.26 Å². The number of rotatable bonds is 14. The van der Waals surface area contributed by atoms with Gasteiger partial charge in [-0.25, -0.2) is 4.85 Å². The fraction of sp³-hybridized carbons (Fsp3) is 0.111. The zero-order chi connectivity index (χ0) is 41.8. The lowest BCUT2D eigenvalue weighted by Gasteiger charge is -2.27. The Hall–Kier alpha value is -7.80. The van der Waals surface area contributed by atoms with Crippen LogP contribution in [0.2, 0.25) is 0 Å². The maximum atomic E-state index is 10.2. The van der Waals surface area contributed by atoms with E-state index in [-0.39, 0.29) is 0 Å². The second-order valence-electron chi connectivity index (χ2n) is 14.5. The Balaban J connectivity index is 1.10. The molecule has 0 radical (unpaired) electrons. The summed E-state index contributed by atoms with van der Waals surface area (Å²) in [6.07, 6.45) is 7.82. The second-order valence-corrected chi connectivity index (χ2v) is 14.5. The zero-order valence-corrected chi connectivity index (χ0v) is 34.6. The Morgan fingerprint density at radius 3 is 1.27 bits per heavy atom. The van der Waals surface area contributed by atoms with Crippen LogP contribution in [0.5, 0.6) is 0 Å². The lowest BCUT2D eigenvalue weighted by Crippen LogP contribution is -2.21. The van der Waals surface area contributed by atoms with Gasteiger partial charge in [0.1, 0.15) is 0 Å². The van der Waals surface area contributed by atoms with Crippen LogP contribution in [0.15, 0.2) is 170 Å². The first-order valence-electron chi connectivity index (χ1n) is 20.2. The normalized spacial score (nSPS) is 11.0. The Morgan fingerprint density at radius 2 is 0.867 bits per heavy atom. The van der Waals surface area contributed by atoms with Crippen molar-refractivity contribution in [3.8, 4) is 6.07 Å². The number of nitrogens with zero attached hydrogens (tertiary/aromatic N) is 6. The molecule has 0 fully saturated rings. The van der Waals surface area contributed by atoms with Gasteiger partial charge in [0, 0.05) is 72.7 Å². The first-order chi connectivity index (χ1) is 29.4. The van der Waals surface area contributed by atoms with E-state index in [1.165, 1.54) is 5.69 Å². The van der Waals surface area contributed by atoms with E-state index in [2.05, 4.69) is 178 Å². The number of nitriles is 1. The third kappa shape index (κ3) is 9.32. The van der Waals surface area contributed by atoms with E-state index in [4.69, 9.17) is 6.57 Å². The van der Waals surface area contributed by atoms with E-state index in [1.807, 2.05) is 62.7 Å². The smallest absolute Gasteiger partial charge is 0.194 e. The summed E-state index contributed by atoms with van der Waals surface area (Å²) in [5, 5.41) is 10.2. The molecule has 0 heterocycles. The topological polar surface area (TPSA) is 41.1 Å². The molecule has 0 N–H and O–H groups in total. The molecule has 6 nitrogen and oxygen atoms in total. The summed E-state index contributed by atoms with van der Waals surface area (Å²) >= 11 is 0. The Labute approximate surface area is 355 Å². The van der Waals surface area contributed by atoms with Crippen molar-refractivity contribution in [2.75, 3.05) is 46.8 Å². The summed E-state index contributed by atoms with van der Waals surface area (Å²) in [5.74, 6) is 0. The fourth-order valence-electron chi connectivity index (χ4n) is 7.28. The van der Waals surface area contributed by atoms with Crippen molar-refractivity contribution in [2.24, 2.45) is 0 Å². The SMILES string of the molecule is [C-]#[N+]c1cc(/C=C/c2ccc(N(c3ccccc3)c3ccc(N(CC)CC)cc3)cc2)c(C#N)cc1/C=C/c1ccc(N(c2ccccc2)c2ccc(N(C)C)cc2)cc1. The molecule has 0 aliphatic heterocycles. The highest BCUT2D eigenvalue weighted by atomic mass is 15.2. The summed E-state index contributed by atoms with van der Waals surface area (Å²) in [6, 6.07) is 60.7. The van der Waals surface area contributed by atoms with Gasteiger partial charge >= 0.3 is 0 Å². The third-order valence-corrected chi connectivity index (χ3v) is 10.5. The Kier molecular flexibility index (Phi) is 12.9. The van der Waals surface area contributed by atoms with Gasteiger partial charge in [-0.3, -0.25) is 0 Å². The number of para-hydroxylation sites is 2. The highest BCUT2D eigenvalue weighted by molar-refractivity contribution is 5.84. The fourth-order valence-corrected chi connectivity index (χ4v) is 7.28. The van der Waals surface area contributed by atoms with E-state index >= 15 is 0 Å². The first kappa shape index (κ1) is 40.4. The molecule has 294 valence electrons. The van der Waals surface area contributed by atoms with E-state index in [9.17, 15) is 5.26 Å². The summed E-state index contributed by atoms with van der Waals surface area (Å²) in [7, 11) is 4.08. The van der Waals surface area contributed by atoms with Crippen molar-refractivity contribution in [3.05, 3.63) is 209 Å². The van der Waals surface area contributed by atoms with Gasteiger partial charge in [0.05, 0.1) is 18.2 Å². The monoisotopic (exact) mass is 780 g/mol. The third-order valence-electron chi connectivity index (χ3n) is 10.5. The van der Waals surface area contributed by atoms with Crippen molar-refractivity contribution < 1.29 is 0 Å². The molecule has 0 aromatic heterocycles. The lowest BCUT2D eigenvalue weighted by molar-refractivity contribution is 0.866. The van der Waals surface area contributed by atoms with Gasteiger partial charge in [-0.1, -0.05) is 85.0 Å². The van der Waals surface area contributed by atoms with Crippen LogP contribution in [0.4, 0.5) is 51.2 Å². The van der Waals surface area contributed by atoms with Gasteiger partial charge in [-0.15, -0.1) is 0 Å². The van der Waals surface area contributed by atoms with Crippen LogP contribution >= 0.6 is 0 Å². The molecule has 7 aromatic rings. The molecule has 7 aromatic carbocycles. The molecular weight excluding hydrogens is 733 g/mol. The van der Waals surface area contributed by atoms with Crippen LogP contribution in [-0.2, 0) is 0 Å².